The Hall–Kier alpha value is -3.52. The molecule has 8 heteroatoms. The van der Waals surface area contributed by atoms with Crippen molar-refractivity contribution in [3.8, 4) is 16.3 Å². The van der Waals surface area contributed by atoms with Crippen molar-refractivity contribution in [1.82, 2.24) is 19.9 Å². The number of imidazole rings is 1. The van der Waals surface area contributed by atoms with Crippen LogP contribution in [0.5, 0.6) is 5.75 Å². The van der Waals surface area contributed by atoms with Gasteiger partial charge < -0.3 is 14.6 Å². The molecule has 1 N–H and O–H groups in total. The smallest absolute Gasteiger partial charge is 0.226 e. The van der Waals surface area contributed by atoms with Crippen molar-refractivity contribution in [2.45, 2.75) is 12.5 Å². The van der Waals surface area contributed by atoms with Gasteiger partial charge in [-0.15, -0.1) is 11.3 Å². The fourth-order valence-corrected chi connectivity index (χ4v) is 4.11. The third kappa shape index (κ3) is 4.80. The minimum Gasteiger partial charge on any atom is -0.497 e. The molecule has 0 aliphatic rings. The maximum Gasteiger partial charge on any atom is 0.226 e. The summed E-state index contributed by atoms with van der Waals surface area (Å²) in [5, 5.41) is 5.56. The van der Waals surface area contributed by atoms with Crippen LogP contribution in [0.25, 0.3) is 10.6 Å². The molecule has 0 saturated carbocycles. The largest absolute Gasteiger partial charge is 0.497 e. The number of nitrogens with zero attached hydrogens (tertiary/aromatic N) is 3. The van der Waals surface area contributed by atoms with Gasteiger partial charge in [0.15, 0.2) is 0 Å². The van der Waals surface area contributed by atoms with Crippen LogP contribution < -0.4 is 10.1 Å². The maximum atomic E-state index is 13.5. The fraction of sp³-hybridized carbons (Fsp3) is 0.174. The van der Waals surface area contributed by atoms with E-state index in [4.69, 9.17) is 4.74 Å². The monoisotopic (exact) mass is 436 g/mol. The van der Waals surface area contributed by atoms with Crippen molar-refractivity contribution in [1.29, 1.82) is 0 Å². The van der Waals surface area contributed by atoms with Crippen molar-refractivity contribution in [2.24, 2.45) is 7.05 Å². The molecule has 0 aliphatic carbocycles. The van der Waals surface area contributed by atoms with Gasteiger partial charge in [0.05, 0.1) is 19.2 Å². The first-order valence-electron chi connectivity index (χ1n) is 9.64. The van der Waals surface area contributed by atoms with Crippen LogP contribution in [0.3, 0.4) is 0 Å². The zero-order valence-corrected chi connectivity index (χ0v) is 17.9. The predicted molar refractivity (Wildman–Crippen MR) is 117 cm³/mol. The number of benzene rings is 2. The highest BCUT2D eigenvalue weighted by Gasteiger charge is 2.22. The van der Waals surface area contributed by atoms with Gasteiger partial charge in [-0.3, -0.25) is 4.79 Å². The summed E-state index contributed by atoms with van der Waals surface area (Å²) in [5.41, 5.74) is 2.19. The van der Waals surface area contributed by atoms with E-state index < -0.39 is 6.04 Å². The van der Waals surface area contributed by atoms with Crippen LogP contribution in [-0.2, 0) is 18.3 Å². The van der Waals surface area contributed by atoms with Gasteiger partial charge >= 0.3 is 0 Å². The molecular weight excluding hydrogens is 415 g/mol. The van der Waals surface area contributed by atoms with Crippen molar-refractivity contribution in [3.05, 3.63) is 89.2 Å². The molecule has 31 heavy (non-hydrogen) atoms. The summed E-state index contributed by atoms with van der Waals surface area (Å²) in [4.78, 5) is 21.8. The zero-order valence-electron chi connectivity index (χ0n) is 17.1. The molecule has 0 fully saturated rings. The Labute approximate surface area is 183 Å². The van der Waals surface area contributed by atoms with Crippen LogP contribution in [0.1, 0.15) is 23.1 Å². The number of amides is 1. The minimum atomic E-state index is -0.441. The quantitative estimate of drug-likeness (QED) is 0.473. The molecule has 1 atom stereocenters. The van der Waals surface area contributed by atoms with E-state index in [0.717, 1.165) is 5.56 Å². The summed E-state index contributed by atoms with van der Waals surface area (Å²) in [5.74, 6) is 0.903. The van der Waals surface area contributed by atoms with E-state index in [9.17, 15) is 9.18 Å². The number of ether oxygens (including phenoxy) is 1. The van der Waals surface area contributed by atoms with E-state index in [1.807, 2.05) is 47.5 Å². The van der Waals surface area contributed by atoms with Crippen molar-refractivity contribution >= 4 is 17.2 Å². The highest BCUT2D eigenvalue weighted by atomic mass is 32.1. The number of rotatable bonds is 7. The van der Waals surface area contributed by atoms with E-state index >= 15 is 0 Å². The highest BCUT2D eigenvalue weighted by molar-refractivity contribution is 7.13. The van der Waals surface area contributed by atoms with Crippen molar-refractivity contribution in [3.63, 3.8) is 0 Å². The summed E-state index contributed by atoms with van der Waals surface area (Å²) < 4.78 is 20.7. The number of carbonyl (C=O) groups is 1. The number of thiazole rings is 1. The Kier molecular flexibility index (Phi) is 6.08. The predicted octanol–water partition coefficient (Wildman–Crippen LogP) is 4.14. The van der Waals surface area contributed by atoms with Crippen molar-refractivity contribution in [2.75, 3.05) is 7.11 Å². The first-order chi connectivity index (χ1) is 15.0. The number of methoxy groups -OCH3 is 1. The Balaban J connectivity index is 1.54. The number of aromatic nitrogens is 3. The van der Waals surface area contributed by atoms with Gasteiger partial charge in [-0.05, 0) is 29.8 Å². The van der Waals surface area contributed by atoms with E-state index in [-0.39, 0.29) is 18.1 Å². The van der Waals surface area contributed by atoms with Gasteiger partial charge in [0, 0.05) is 30.4 Å². The molecule has 0 spiro atoms. The maximum absolute atomic E-state index is 13.5. The summed E-state index contributed by atoms with van der Waals surface area (Å²) in [6, 6.07) is 13.4. The van der Waals surface area contributed by atoms with Gasteiger partial charge in [0.1, 0.15) is 28.4 Å². The first kappa shape index (κ1) is 20.7. The third-order valence-electron chi connectivity index (χ3n) is 4.81. The lowest BCUT2D eigenvalue weighted by molar-refractivity contribution is -0.121. The average molecular weight is 437 g/mol. The second-order valence-electron chi connectivity index (χ2n) is 7.00. The number of nitrogens with one attached hydrogen (secondary N) is 1. The zero-order chi connectivity index (χ0) is 21.8. The second-order valence-corrected chi connectivity index (χ2v) is 7.86. The molecule has 0 aliphatic heterocycles. The van der Waals surface area contributed by atoms with Gasteiger partial charge in [-0.1, -0.05) is 24.3 Å². The summed E-state index contributed by atoms with van der Waals surface area (Å²) in [7, 11) is 3.49. The summed E-state index contributed by atoms with van der Waals surface area (Å²) in [6.45, 7) is 0. The number of hydrogen-bond donors (Lipinski definition) is 1. The molecule has 2 aromatic carbocycles. The normalized spacial score (nSPS) is 11.8. The van der Waals surface area contributed by atoms with E-state index in [0.29, 0.717) is 27.8 Å². The molecule has 6 nitrogen and oxygen atoms in total. The molecule has 1 unspecified atom stereocenters. The molecule has 1 amide bonds. The lowest BCUT2D eigenvalue weighted by atomic mass is 10.1. The van der Waals surface area contributed by atoms with Gasteiger partial charge in [0.25, 0.3) is 0 Å². The van der Waals surface area contributed by atoms with E-state index in [1.54, 1.807) is 25.4 Å². The fourth-order valence-electron chi connectivity index (χ4n) is 3.29. The molecule has 4 aromatic rings. The lowest BCUT2D eigenvalue weighted by Gasteiger charge is -2.19. The third-order valence-corrected chi connectivity index (χ3v) is 5.75. The number of carbonyl (C=O) groups excluding carboxylic acids is 1. The second kappa shape index (κ2) is 9.09. The first-order valence-corrected chi connectivity index (χ1v) is 10.5. The van der Waals surface area contributed by atoms with Crippen LogP contribution in [0.4, 0.5) is 4.39 Å². The number of halogens is 1. The Morgan fingerprint density at radius 1 is 1.26 bits per heavy atom. The van der Waals surface area contributed by atoms with E-state index in [2.05, 4.69) is 15.3 Å². The van der Waals surface area contributed by atoms with Crippen LogP contribution >= 0.6 is 11.3 Å². The Bertz CT molecular complexity index is 1200. The molecule has 0 radical (unpaired) electrons. The van der Waals surface area contributed by atoms with Crippen LogP contribution in [0.15, 0.2) is 66.3 Å². The van der Waals surface area contributed by atoms with Crippen molar-refractivity contribution < 1.29 is 13.9 Å². The SMILES string of the molecule is COc1cccc(C(NC(=O)Cc2csc(-c3cccc(F)c3)n2)c2nccn2C)c1. The van der Waals surface area contributed by atoms with Gasteiger partial charge in [0.2, 0.25) is 5.91 Å². The molecule has 4 rings (SSSR count). The Morgan fingerprint density at radius 3 is 2.84 bits per heavy atom. The molecule has 2 aromatic heterocycles. The van der Waals surface area contributed by atoms with Crippen LogP contribution in [-0.4, -0.2) is 27.6 Å². The van der Waals surface area contributed by atoms with Crippen LogP contribution in [0, 0.1) is 5.82 Å². The molecular formula is C23H21FN4O2S. The average Bonchev–Trinajstić information content (AvgIpc) is 3.41. The lowest BCUT2D eigenvalue weighted by Crippen LogP contribution is -2.32. The highest BCUT2D eigenvalue weighted by Crippen LogP contribution is 2.26. The molecule has 0 bridgehead atoms. The summed E-state index contributed by atoms with van der Waals surface area (Å²) in [6.07, 6.45) is 3.64. The van der Waals surface area contributed by atoms with Crippen LogP contribution in [0.2, 0.25) is 0 Å². The standard InChI is InChI=1S/C23H21FN4O2S/c1-28-10-9-25-22(28)21(15-5-4-8-19(12-15)30-2)27-20(29)13-18-14-31-23(26-18)16-6-3-7-17(24)11-16/h3-12,14,21H,13H2,1-2H3,(H,27,29). The van der Waals surface area contributed by atoms with Gasteiger partial charge in [-0.2, -0.15) is 0 Å². The van der Waals surface area contributed by atoms with E-state index in [1.165, 1.54) is 23.5 Å². The number of aryl methyl sites for hydroxylation is 1. The molecule has 158 valence electrons. The topological polar surface area (TPSA) is 69.0 Å². The van der Waals surface area contributed by atoms with Gasteiger partial charge in [-0.25, -0.2) is 14.4 Å². The summed E-state index contributed by atoms with van der Waals surface area (Å²) >= 11 is 1.38. The molecule has 0 saturated heterocycles. The minimum absolute atomic E-state index is 0.108. The number of hydrogen-bond acceptors (Lipinski definition) is 5. The molecule has 2 heterocycles. The Morgan fingerprint density at radius 2 is 2.10 bits per heavy atom.